The van der Waals surface area contributed by atoms with Crippen LogP contribution in [-0.4, -0.2) is 42.0 Å². The predicted molar refractivity (Wildman–Crippen MR) is 82.2 cm³/mol. The first-order valence-electron chi connectivity index (χ1n) is 6.33. The van der Waals surface area contributed by atoms with Gasteiger partial charge in [-0.1, -0.05) is 0 Å². The molecule has 22 heavy (non-hydrogen) atoms. The summed E-state index contributed by atoms with van der Waals surface area (Å²) in [7, 11) is 1.40. The first-order valence-corrected chi connectivity index (χ1v) is 7.49. The smallest absolute Gasteiger partial charge is 0.315 e. The second kappa shape index (κ2) is 8.88. The Labute approximate surface area is 131 Å². The van der Waals surface area contributed by atoms with E-state index in [9.17, 15) is 19.7 Å². The van der Waals surface area contributed by atoms with Gasteiger partial charge in [-0.15, -0.1) is 11.8 Å². The zero-order chi connectivity index (χ0) is 16.5. The number of thioether (sulfide) groups is 1. The third-order valence-electron chi connectivity index (χ3n) is 2.43. The number of benzene rings is 1. The summed E-state index contributed by atoms with van der Waals surface area (Å²) < 4.78 is 9.77. The summed E-state index contributed by atoms with van der Waals surface area (Å²) in [4.78, 5) is 33.1. The molecule has 1 amide bonds. The van der Waals surface area contributed by atoms with Crippen molar-refractivity contribution in [1.82, 2.24) is 0 Å². The van der Waals surface area contributed by atoms with Crippen LogP contribution < -0.4 is 10.1 Å². The van der Waals surface area contributed by atoms with Crippen molar-refractivity contribution in [2.24, 2.45) is 0 Å². The minimum atomic E-state index is -0.565. The molecule has 0 radical (unpaired) electrons. The lowest BCUT2D eigenvalue weighted by atomic mass is 10.2. The van der Waals surface area contributed by atoms with Crippen molar-refractivity contribution in [1.29, 1.82) is 0 Å². The first kappa shape index (κ1) is 17.8. The van der Waals surface area contributed by atoms with Crippen LogP contribution in [0.3, 0.4) is 0 Å². The van der Waals surface area contributed by atoms with E-state index in [0.29, 0.717) is 5.75 Å². The Kier molecular flexibility index (Phi) is 7.17. The maximum atomic E-state index is 11.8. The molecule has 9 heteroatoms. The van der Waals surface area contributed by atoms with E-state index >= 15 is 0 Å². The third-order valence-corrected chi connectivity index (χ3v) is 3.33. The maximum absolute atomic E-state index is 11.8. The molecule has 8 nitrogen and oxygen atoms in total. The fourth-order valence-corrected chi connectivity index (χ4v) is 2.13. The average Bonchev–Trinajstić information content (AvgIpc) is 2.47. The number of ether oxygens (including phenoxy) is 2. The van der Waals surface area contributed by atoms with Crippen LogP contribution in [0.2, 0.25) is 0 Å². The summed E-state index contributed by atoms with van der Waals surface area (Å²) in [5, 5.41) is 13.3. The molecule has 1 N–H and O–H groups in total. The SMILES string of the molecule is CCOC(=O)CSCC(=O)Nc1cc([N+](=O)[O-])ccc1OC. The van der Waals surface area contributed by atoms with Gasteiger partial charge in [-0.05, 0) is 13.0 Å². The predicted octanol–water partition coefficient (Wildman–Crippen LogP) is 1.84. The summed E-state index contributed by atoms with van der Waals surface area (Å²) in [6.45, 7) is 1.99. The number of non-ortho nitro benzene ring substituents is 1. The van der Waals surface area contributed by atoms with E-state index in [-0.39, 0.29) is 29.5 Å². The van der Waals surface area contributed by atoms with Crippen molar-refractivity contribution >= 4 is 35.0 Å². The molecule has 0 atom stereocenters. The Bertz CT molecular complexity index is 563. The van der Waals surface area contributed by atoms with E-state index in [0.717, 1.165) is 11.8 Å². The van der Waals surface area contributed by atoms with Gasteiger partial charge in [-0.2, -0.15) is 0 Å². The van der Waals surface area contributed by atoms with Crippen molar-refractivity contribution in [3.05, 3.63) is 28.3 Å². The molecule has 120 valence electrons. The van der Waals surface area contributed by atoms with Gasteiger partial charge in [0.1, 0.15) is 5.75 Å². The van der Waals surface area contributed by atoms with E-state index in [1.807, 2.05) is 0 Å². The molecule has 0 bridgehead atoms. The third kappa shape index (κ3) is 5.60. The monoisotopic (exact) mass is 328 g/mol. The Hall–Kier alpha value is -2.29. The lowest BCUT2D eigenvalue weighted by Crippen LogP contribution is -2.16. The summed E-state index contributed by atoms with van der Waals surface area (Å²) in [5.41, 5.74) is 0.0497. The molecule has 0 aliphatic heterocycles. The molecule has 0 spiro atoms. The number of nitro groups is 1. The molecule has 0 aliphatic carbocycles. The molecule has 0 unspecified atom stereocenters. The van der Waals surface area contributed by atoms with Crippen molar-refractivity contribution in [3.8, 4) is 5.75 Å². The number of hydrogen-bond donors (Lipinski definition) is 1. The van der Waals surface area contributed by atoms with Crippen molar-refractivity contribution in [2.75, 3.05) is 30.5 Å². The number of nitro benzene ring substituents is 1. The number of methoxy groups -OCH3 is 1. The second-order valence-corrected chi connectivity index (χ2v) is 4.97. The van der Waals surface area contributed by atoms with Gasteiger partial charge in [-0.25, -0.2) is 0 Å². The quantitative estimate of drug-likeness (QED) is 0.440. The summed E-state index contributed by atoms with van der Waals surface area (Å²) in [5.74, 6) is -0.395. The standard InChI is InChI=1S/C13H16N2O6S/c1-3-21-13(17)8-22-7-12(16)14-10-6-9(15(18)19)4-5-11(10)20-2/h4-6H,3,7-8H2,1-2H3,(H,14,16). The first-order chi connectivity index (χ1) is 10.5. The summed E-state index contributed by atoms with van der Waals surface area (Å²) in [6, 6.07) is 3.90. The van der Waals surface area contributed by atoms with E-state index < -0.39 is 16.8 Å². The average molecular weight is 328 g/mol. The normalized spacial score (nSPS) is 9.91. The lowest BCUT2D eigenvalue weighted by molar-refractivity contribution is -0.384. The van der Waals surface area contributed by atoms with Gasteiger partial charge in [0.15, 0.2) is 0 Å². The van der Waals surface area contributed by atoms with Crippen LogP contribution in [0.5, 0.6) is 5.75 Å². The maximum Gasteiger partial charge on any atom is 0.315 e. The zero-order valence-corrected chi connectivity index (χ0v) is 13.0. The van der Waals surface area contributed by atoms with Crippen LogP contribution in [0.4, 0.5) is 11.4 Å². The number of amides is 1. The number of anilines is 1. The molecule has 0 fully saturated rings. The van der Waals surface area contributed by atoms with Gasteiger partial charge in [-0.3, -0.25) is 19.7 Å². The van der Waals surface area contributed by atoms with Crippen molar-refractivity contribution in [3.63, 3.8) is 0 Å². The molecule has 0 aliphatic rings. The van der Waals surface area contributed by atoms with Gasteiger partial charge in [0.25, 0.3) is 5.69 Å². The highest BCUT2D eigenvalue weighted by atomic mass is 32.2. The summed E-state index contributed by atoms with van der Waals surface area (Å²) in [6.07, 6.45) is 0. The summed E-state index contributed by atoms with van der Waals surface area (Å²) >= 11 is 1.09. The van der Waals surface area contributed by atoms with Gasteiger partial charge in [0, 0.05) is 12.1 Å². The molecule has 1 aromatic rings. The molecular formula is C13H16N2O6S. The minimum Gasteiger partial charge on any atom is -0.495 e. The molecular weight excluding hydrogens is 312 g/mol. The number of esters is 1. The van der Waals surface area contributed by atoms with Gasteiger partial charge in [0.2, 0.25) is 5.91 Å². The molecule has 0 saturated heterocycles. The van der Waals surface area contributed by atoms with E-state index in [1.54, 1.807) is 6.92 Å². The van der Waals surface area contributed by atoms with Crippen LogP contribution in [-0.2, 0) is 14.3 Å². The highest BCUT2D eigenvalue weighted by Crippen LogP contribution is 2.28. The molecule has 0 heterocycles. The molecule has 1 aromatic carbocycles. The number of hydrogen-bond acceptors (Lipinski definition) is 7. The Morgan fingerprint density at radius 1 is 1.36 bits per heavy atom. The second-order valence-electron chi connectivity index (χ2n) is 3.99. The molecule has 0 saturated carbocycles. The number of rotatable bonds is 8. The fourth-order valence-electron chi connectivity index (χ4n) is 1.52. The van der Waals surface area contributed by atoms with Crippen molar-refractivity contribution < 1.29 is 24.0 Å². The van der Waals surface area contributed by atoms with Crippen LogP contribution in [0, 0.1) is 10.1 Å². The number of nitrogens with one attached hydrogen (secondary N) is 1. The Morgan fingerprint density at radius 3 is 2.68 bits per heavy atom. The zero-order valence-electron chi connectivity index (χ0n) is 12.2. The van der Waals surface area contributed by atoms with Crippen molar-refractivity contribution in [2.45, 2.75) is 6.92 Å². The van der Waals surface area contributed by atoms with Crippen LogP contribution in [0.1, 0.15) is 6.92 Å². The van der Waals surface area contributed by atoms with Crippen LogP contribution in [0.15, 0.2) is 18.2 Å². The lowest BCUT2D eigenvalue weighted by Gasteiger charge is -2.09. The Balaban J connectivity index is 2.61. The van der Waals surface area contributed by atoms with E-state index in [2.05, 4.69) is 5.32 Å². The van der Waals surface area contributed by atoms with Gasteiger partial charge in [0.05, 0.1) is 35.8 Å². The van der Waals surface area contributed by atoms with E-state index in [1.165, 1.54) is 25.3 Å². The number of carbonyl (C=O) groups is 2. The highest BCUT2D eigenvalue weighted by molar-refractivity contribution is 8.00. The van der Waals surface area contributed by atoms with Gasteiger partial charge >= 0.3 is 5.97 Å². The van der Waals surface area contributed by atoms with Gasteiger partial charge < -0.3 is 14.8 Å². The van der Waals surface area contributed by atoms with E-state index in [4.69, 9.17) is 9.47 Å². The van der Waals surface area contributed by atoms with Crippen LogP contribution in [0.25, 0.3) is 0 Å². The molecule has 1 rings (SSSR count). The topological polar surface area (TPSA) is 108 Å². The number of nitrogens with zero attached hydrogens (tertiary/aromatic N) is 1. The fraction of sp³-hybridized carbons (Fsp3) is 0.385. The highest BCUT2D eigenvalue weighted by Gasteiger charge is 2.14. The largest absolute Gasteiger partial charge is 0.495 e. The minimum absolute atomic E-state index is 0.0185. The van der Waals surface area contributed by atoms with Crippen LogP contribution >= 0.6 is 11.8 Å². The number of carbonyl (C=O) groups excluding carboxylic acids is 2. The molecule has 0 aromatic heterocycles. The Morgan fingerprint density at radius 2 is 2.09 bits per heavy atom.